The van der Waals surface area contributed by atoms with Crippen molar-refractivity contribution in [2.45, 2.75) is 13.3 Å². The molecular formula is C17H16O. The molecule has 90 valence electrons. The van der Waals surface area contributed by atoms with E-state index in [9.17, 15) is 4.79 Å². The lowest BCUT2D eigenvalue weighted by molar-refractivity contribution is 0.112. The van der Waals surface area contributed by atoms with Gasteiger partial charge in [0.05, 0.1) is 0 Å². The molecule has 0 bridgehead atoms. The Bertz CT molecular complexity index is 553. The Kier molecular flexibility index (Phi) is 4.08. The van der Waals surface area contributed by atoms with Gasteiger partial charge in [0.25, 0.3) is 0 Å². The van der Waals surface area contributed by atoms with Crippen molar-refractivity contribution in [1.29, 1.82) is 0 Å². The first-order chi connectivity index (χ1) is 8.85. The van der Waals surface area contributed by atoms with Crippen LogP contribution in [0.4, 0.5) is 0 Å². The molecule has 0 aliphatic rings. The van der Waals surface area contributed by atoms with Gasteiger partial charge >= 0.3 is 0 Å². The van der Waals surface area contributed by atoms with Crippen LogP contribution in [0.5, 0.6) is 0 Å². The molecule has 0 saturated heterocycles. The fraction of sp³-hybridized carbons (Fsp3) is 0.118. The Morgan fingerprint density at radius 1 is 1.00 bits per heavy atom. The maximum atomic E-state index is 11.1. The van der Waals surface area contributed by atoms with Crippen LogP contribution in [0, 0.1) is 0 Å². The number of hydrogen-bond donors (Lipinski definition) is 0. The second kappa shape index (κ2) is 5.97. The number of allylic oxidation sites excluding steroid dienone is 1. The first-order valence-electron chi connectivity index (χ1n) is 6.15. The second-order valence-electron chi connectivity index (χ2n) is 4.14. The minimum Gasteiger partial charge on any atom is -0.298 e. The van der Waals surface area contributed by atoms with Crippen molar-refractivity contribution in [2.75, 3.05) is 0 Å². The Balaban J connectivity index is 2.46. The molecule has 2 rings (SSSR count). The number of carbonyl (C=O) groups is 1. The van der Waals surface area contributed by atoms with E-state index in [-0.39, 0.29) is 0 Å². The maximum Gasteiger partial charge on any atom is 0.150 e. The van der Waals surface area contributed by atoms with Gasteiger partial charge in [0.15, 0.2) is 6.29 Å². The van der Waals surface area contributed by atoms with E-state index < -0.39 is 0 Å². The van der Waals surface area contributed by atoms with E-state index in [1.165, 1.54) is 5.57 Å². The molecule has 0 saturated carbocycles. The van der Waals surface area contributed by atoms with E-state index in [0.29, 0.717) is 0 Å². The van der Waals surface area contributed by atoms with Crippen LogP contribution in [0.2, 0.25) is 0 Å². The first-order valence-corrected chi connectivity index (χ1v) is 6.15. The molecule has 0 N–H and O–H groups in total. The minimum atomic E-state index is 0.751. The summed E-state index contributed by atoms with van der Waals surface area (Å²) in [5.41, 5.74) is 4.12. The van der Waals surface area contributed by atoms with E-state index in [1.54, 1.807) is 0 Å². The summed E-state index contributed by atoms with van der Waals surface area (Å²) in [6.07, 6.45) is 3.96. The van der Waals surface area contributed by atoms with E-state index >= 15 is 0 Å². The molecule has 18 heavy (non-hydrogen) atoms. The number of benzene rings is 2. The predicted octanol–water partition coefficient (Wildman–Crippen LogP) is 4.45. The zero-order valence-corrected chi connectivity index (χ0v) is 10.5. The lowest BCUT2D eigenvalue weighted by Gasteiger charge is -2.08. The minimum absolute atomic E-state index is 0.751. The first kappa shape index (κ1) is 12.3. The van der Waals surface area contributed by atoms with Gasteiger partial charge in [-0.25, -0.2) is 0 Å². The summed E-state index contributed by atoms with van der Waals surface area (Å²) >= 11 is 0. The SMILES string of the molecule is CC/C(=C\c1ccccc1)c1ccccc1C=O. The third-order valence-corrected chi connectivity index (χ3v) is 2.96. The Labute approximate surface area is 108 Å². The number of hydrogen-bond acceptors (Lipinski definition) is 1. The summed E-state index contributed by atoms with van der Waals surface area (Å²) < 4.78 is 0. The molecule has 0 atom stereocenters. The van der Waals surface area contributed by atoms with E-state index in [0.717, 1.165) is 29.4 Å². The quantitative estimate of drug-likeness (QED) is 0.566. The molecular weight excluding hydrogens is 220 g/mol. The van der Waals surface area contributed by atoms with Crippen molar-refractivity contribution in [2.24, 2.45) is 0 Å². The summed E-state index contributed by atoms with van der Waals surface area (Å²) in [6.45, 7) is 2.11. The van der Waals surface area contributed by atoms with E-state index in [1.807, 2.05) is 42.5 Å². The Hall–Kier alpha value is -2.15. The molecule has 0 aliphatic carbocycles. The normalized spacial score (nSPS) is 11.3. The zero-order chi connectivity index (χ0) is 12.8. The van der Waals surface area contributed by atoms with Gasteiger partial charge in [-0.15, -0.1) is 0 Å². The largest absolute Gasteiger partial charge is 0.298 e. The molecule has 0 fully saturated rings. The molecule has 0 aliphatic heterocycles. The average Bonchev–Trinajstić information content (AvgIpc) is 2.46. The molecule has 0 heterocycles. The second-order valence-corrected chi connectivity index (χ2v) is 4.14. The summed E-state index contributed by atoms with van der Waals surface area (Å²) in [6, 6.07) is 17.9. The molecule has 2 aromatic carbocycles. The molecule has 0 spiro atoms. The lowest BCUT2D eigenvalue weighted by atomic mass is 9.96. The molecule has 1 nitrogen and oxygen atoms in total. The van der Waals surface area contributed by atoms with Crippen LogP contribution in [0.1, 0.15) is 34.8 Å². The fourth-order valence-electron chi connectivity index (χ4n) is 2.01. The number of carbonyl (C=O) groups excluding carboxylic acids is 1. The van der Waals surface area contributed by atoms with Crippen LogP contribution in [0.15, 0.2) is 54.6 Å². The highest BCUT2D eigenvalue weighted by Crippen LogP contribution is 2.23. The van der Waals surface area contributed by atoms with Crippen LogP contribution in [0.3, 0.4) is 0 Å². The van der Waals surface area contributed by atoms with Crippen molar-refractivity contribution in [3.05, 3.63) is 71.3 Å². The standard InChI is InChI=1S/C17H16O/c1-2-15(12-14-8-4-3-5-9-14)17-11-7-6-10-16(17)13-18/h3-13H,2H2,1H3/b15-12+. The number of rotatable bonds is 4. The maximum absolute atomic E-state index is 11.1. The summed E-state index contributed by atoms with van der Waals surface area (Å²) in [4.78, 5) is 11.1. The molecule has 0 unspecified atom stereocenters. The van der Waals surface area contributed by atoms with Crippen molar-refractivity contribution >= 4 is 17.9 Å². The van der Waals surface area contributed by atoms with Crippen LogP contribution in [-0.2, 0) is 0 Å². The van der Waals surface area contributed by atoms with E-state index in [4.69, 9.17) is 0 Å². The predicted molar refractivity (Wildman–Crippen MR) is 76.4 cm³/mol. The smallest absolute Gasteiger partial charge is 0.150 e. The highest BCUT2D eigenvalue weighted by atomic mass is 16.1. The van der Waals surface area contributed by atoms with E-state index in [2.05, 4.69) is 25.1 Å². The van der Waals surface area contributed by atoms with Crippen LogP contribution in [-0.4, -0.2) is 6.29 Å². The summed E-state index contributed by atoms with van der Waals surface area (Å²) in [5.74, 6) is 0. The van der Waals surface area contributed by atoms with Crippen LogP contribution >= 0.6 is 0 Å². The molecule has 0 radical (unpaired) electrons. The number of aldehydes is 1. The third-order valence-electron chi connectivity index (χ3n) is 2.96. The van der Waals surface area contributed by atoms with Crippen molar-refractivity contribution in [1.82, 2.24) is 0 Å². The van der Waals surface area contributed by atoms with Gasteiger partial charge in [-0.05, 0) is 23.1 Å². The molecule has 0 amide bonds. The van der Waals surface area contributed by atoms with Gasteiger partial charge in [0, 0.05) is 5.56 Å². The van der Waals surface area contributed by atoms with Gasteiger partial charge in [0.1, 0.15) is 0 Å². The Morgan fingerprint density at radius 2 is 1.67 bits per heavy atom. The topological polar surface area (TPSA) is 17.1 Å². The van der Waals surface area contributed by atoms with Gasteiger partial charge in [-0.1, -0.05) is 67.6 Å². The van der Waals surface area contributed by atoms with Crippen molar-refractivity contribution < 1.29 is 4.79 Å². The lowest BCUT2D eigenvalue weighted by Crippen LogP contribution is -1.91. The highest BCUT2D eigenvalue weighted by Gasteiger charge is 2.04. The van der Waals surface area contributed by atoms with Gasteiger partial charge < -0.3 is 0 Å². The van der Waals surface area contributed by atoms with Crippen molar-refractivity contribution in [3.8, 4) is 0 Å². The van der Waals surface area contributed by atoms with Gasteiger partial charge in [0.2, 0.25) is 0 Å². The molecule has 0 aromatic heterocycles. The summed E-state index contributed by atoms with van der Waals surface area (Å²) in [7, 11) is 0. The van der Waals surface area contributed by atoms with Gasteiger partial charge in [-0.3, -0.25) is 4.79 Å². The fourth-order valence-corrected chi connectivity index (χ4v) is 2.01. The monoisotopic (exact) mass is 236 g/mol. The van der Waals surface area contributed by atoms with Gasteiger partial charge in [-0.2, -0.15) is 0 Å². The highest BCUT2D eigenvalue weighted by molar-refractivity contribution is 5.90. The molecule has 1 heteroatoms. The van der Waals surface area contributed by atoms with Crippen LogP contribution < -0.4 is 0 Å². The molecule has 2 aromatic rings. The zero-order valence-electron chi connectivity index (χ0n) is 10.5. The third kappa shape index (κ3) is 2.75. The Morgan fingerprint density at radius 3 is 2.33 bits per heavy atom. The van der Waals surface area contributed by atoms with Crippen LogP contribution in [0.25, 0.3) is 11.6 Å². The summed E-state index contributed by atoms with van der Waals surface area (Å²) in [5, 5.41) is 0. The van der Waals surface area contributed by atoms with Crippen molar-refractivity contribution in [3.63, 3.8) is 0 Å². The average molecular weight is 236 g/mol.